The van der Waals surface area contributed by atoms with Gasteiger partial charge in [0.15, 0.2) is 17.3 Å². The average molecular weight is 493 g/mol. The zero-order valence-electron chi connectivity index (χ0n) is 20.1. The molecule has 4 aromatic rings. The highest BCUT2D eigenvalue weighted by molar-refractivity contribution is 5.83. The minimum atomic E-state index is -0.135. The number of ether oxygens (including phenoxy) is 3. The predicted octanol–water partition coefficient (Wildman–Crippen LogP) is 3.02. The number of tetrazole rings is 1. The minimum Gasteiger partial charge on any atom is -0.467 e. The van der Waals surface area contributed by atoms with Crippen molar-refractivity contribution in [2.24, 2.45) is 0 Å². The lowest BCUT2D eigenvalue weighted by atomic mass is 10.1. The molecule has 0 saturated carbocycles. The molecule has 11 nitrogen and oxygen atoms in total. The second kappa shape index (κ2) is 9.75. The fraction of sp³-hybridized carbons (Fsp3) is 0.440. The van der Waals surface area contributed by atoms with Crippen molar-refractivity contribution in [1.29, 1.82) is 0 Å². The third kappa shape index (κ3) is 4.47. The fourth-order valence-corrected chi connectivity index (χ4v) is 5.05. The van der Waals surface area contributed by atoms with Gasteiger partial charge in [-0.25, -0.2) is 4.68 Å². The SMILES string of the molecule is CC[C@H](c1nnnn1Cc1ccco1)N(Cc1cc2cc3c(cc2[nH]c1=O)OCO3)C[C@H]1CCCO1. The summed E-state index contributed by atoms with van der Waals surface area (Å²) in [5.41, 5.74) is 1.24. The molecule has 1 N–H and O–H groups in total. The maximum Gasteiger partial charge on any atom is 0.252 e. The molecule has 0 amide bonds. The van der Waals surface area contributed by atoms with Crippen LogP contribution < -0.4 is 15.0 Å². The number of pyridine rings is 1. The summed E-state index contributed by atoms with van der Waals surface area (Å²) < 4.78 is 24.2. The number of nitrogens with zero attached hydrogens (tertiary/aromatic N) is 5. The predicted molar refractivity (Wildman–Crippen MR) is 129 cm³/mol. The van der Waals surface area contributed by atoms with Crippen LogP contribution in [0.1, 0.15) is 49.4 Å². The molecule has 3 aromatic heterocycles. The lowest BCUT2D eigenvalue weighted by molar-refractivity contribution is 0.0488. The van der Waals surface area contributed by atoms with E-state index in [1.807, 2.05) is 30.3 Å². The van der Waals surface area contributed by atoms with Crippen LogP contribution in [0.15, 0.2) is 45.8 Å². The fourth-order valence-electron chi connectivity index (χ4n) is 5.05. The number of hydrogen-bond donors (Lipinski definition) is 1. The second-order valence-electron chi connectivity index (χ2n) is 9.18. The maximum absolute atomic E-state index is 13.1. The van der Waals surface area contributed by atoms with E-state index >= 15 is 0 Å². The monoisotopic (exact) mass is 492 g/mol. The van der Waals surface area contributed by atoms with Gasteiger partial charge in [-0.2, -0.15) is 0 Å². The molecule has 1 aromatic carbocycles. The molecule has 5 heterocycles. The molecule has 1 fully saturated rings. The standard InChI is InChI=1S/C25H28N6O5/c1-2-21(24-27-28-29-31(24)14-19-6-4-8-34-19)30(13-18-5-3-7-33-18)12-17-9-16-10-22-23(36-15-35-22)11-20(16)26-25(17)32/h4,6,8-11,18,21H,2-3,5,7,12-15H2,1H3,(H,26,32)/t18-,21-/m1/s1. The Kier molecular flexibility index (Phi) is 6.16. The van der Waals surface area contributed by atoms with Crippen LogP contribution in [0, 0.1) is 0 Å². The number of aromatic amines is 1. The average Bonchev–Trinajstić information content (AvgIpc) is 3.68. The van der Waals surface area contributed by atoms with Gasteiger partial charge < -0.3 is 23.6 Å². The Morgan fingerprint density at radius 2 is 2.14 bits per heavy atom. The van der Waals surface area contributed by atoms with Crippen LogP contribution in [0.25, 0.3) is 10.9 Å². The normalized spacial score (nSPS) is 17.9. The minimum absolute atomic E-state index is 0.0989. The number of H-pyrrole nitrogens is 1. The van der Waals surface area contributed by atoms with Crippen LogP contribution >= 0.6 is 0 Å². The van der Waals surface area contributed by atoms with E-state index in [1.165, 1.54) is 0 Å². The number of nitrogens with one attached hydrogen (secondary N) is 1. The van der Waals surface area contributed by atoms with Gasteiger partial charge in [0.1, 0.15) is 12.3 Å². The summed E-state index contributed by atoms with van der Waals surface area (Å²) in [5, 5.41) is 13.4. The number of hydrogen-bond acceptors (Lipinski definition) is 9. The molecule has 188 valence electrons. The molecule has 36 heavy (non-hydrogen) atoms. The highest BCUT2D eigenvalue weighted by Gasteiger charge is 2.29. The second-order valence-corrected chi connectivity index (χ2v) is 9.18. The zero-order chi connectivity index (χ0) is 24.5. The topological polar surface area (TPSA) is 121 Å². The van der Waals surface area contributed by atoms with Crippen molar-refractivity contribution in [3.8, 4) is 11.5 Å². The van der Waals surface area contributed by atoms with Gasteiger partial charge in [0.2, 0.25) is 6.79 Å². The lowest BCUT2D eigenvalue weighted by Crippen LogP contribution is -2.37. The van der Waals surface area contributed by atoms with E-state index in [2.05, 4.69) is 32.3 Å². The summed E-state index contributed by atoms with van der Waals surface area (Å²) >= 11 is 0. The molecule has 11 heteroatoms. The molecule has 1 saturated heterocycles. The molecular formula is C25H28N6O5. The first-order chi connectivity index (χ1) is 17.7. The van der Waals surface area contributed by atoms with E-state index in [-0.39, 0.29) is 24.5 Å². The summed E-state index contributed by atoms with van der Waals surface area (Å²) in [7, 11) is 0. The first-order valence-corrected chi connectivity index (χ1v) is 12.3. The molecule has 2 aliphatic rings. The van der Waals surface area contributed by atoms with Crippen molar-refractivity contribution in [2.45, 2.75) is 51.4 Å². The van der Waals surface area contributed by atoms with Crippen molar-refractivity contribution < 1.29 is 18.6 Å². The van der Waals surface area contributed by atoms with Gasteiger partial charge in [-0.05, 0) is 54.0 Å². The Balaban J connectivity index is 1.34. The summed E-state index contributed by atoms with van der Waals surface area (Å²) in [6, 6.07) is 9.27. The summed E-state index contributed by atoms with van der Waals surface area (Å²) in [4.78, 5) is 18.4. The van der Waals surface area contributed by atoms with Gasteiger partial charge in [0.25, 0.3) is 5.56 Å². The van der Waals surface area contributed by atoms with Crippen molar-refractivity contribution in [3.05, 3.63) is 64.1 Å². The summed E-state index contributed by atoms with van der Waals surface area (Å²) in [6.07, 6.45) is 4.52. The smallest absolute Gasteiger partial charge is 0.252 e. The van der Waals surface area contributed by atoms with Crippen molar-refractivity contribution >= 4 is 10.9 Å². The first kappa shape index (κ1) is 22.7. The highest BCUT2D eigenvalue weighted by atomic mass is 16.7. The van der Waals surface area contributed by atoms with Crippen LogP contribution in [-0.2, 0) is 17.8 Å². The molecule has 0 radical (unpaired) electrons. The van der Waals surface area contributed by atoms with Crippen molar-refractivity contribution in [1.82, 2.24) is 30.1 Å². The zero-order valence-corrected chi connectivity index (χ0v) is 20.1. The molecular weight excluding hydrogens is 464 g/mol. The number of aromatic nitrogens is 5. The van der Waals surface area contributed by atoms with Crippen LogP contribution in [0.4, 0.5) is 0 Å². The number of furan rings is 1. The molecule has 0 unspecified atom stereocenters. The number of benzene rings is 1. The summed E-state index contributed by atoms with van der Waals surface area (Å²) in [5.74, 6) is 2.82. The molecule has 2 atom stereocenters. The van der Waals surface area contributed by atoms with Gasteiger partial charge in [0, 0.05) is 36.7 Å². The van der Waals surface area contributed by atoms with Gasteiger partial charge >= 0.3 is 0 Å². The van der Waals surface area contributed by atoms with E-state index in [0.717, 1.165) is 42.8 Å². The van der Waals surface area contributed by atoms with Gasteiger partial charge in [-0.1, -0.05) is 6.92 Å². The Morgan fingerprint density at radius 3 is 2.92 bits per heavy atom. The molecule has 2 aliphatic heterocycles. The van der Waals surface area contributed by atoms with E-state index in [4.69, 9.17) is 18.6 Å². The van der Waals surface area contributed by atoms with Gasteiger partial charge in [-0.15, -0.1) is 5.10 Å². The Labute approximate surface area is 206 Å². The Hall–Kier alpha value is -3.70. The van der Waals surface area contributed by atoms with E-state index in [9.17, 15) is 4.79 Å². The Morgan fingerprint density at radius 1 is 1.25 bits per heavy atom. The molecule has 6 rings (SSSR count). The van der Waals surface area contributed by atoms with Crippen LogP contribution in [0.3, 0.4) is 0 Å². The van der Waals surface area contributed by atoms with Gasteiger partial charge in [-0.3, -0.25) is 9.69 Å². The highest BCUT2D eigenvalue weighted by Crippen LogP contribution is 2.35. The van der Waals surface area contributed by atoms with E-state index < -0.39 is 0 Å². The third-order valence-electron chi connectivity index (χ3n) is 6.82. The quantitative estimate of drug-likeness (QED) is 0.376. The van der Waals surface area contributed by atoms with Crippen molar-refractivity contribution in [2.75, 3.05) is 19.9 Å². The summed E-state index contributed by atoms with van der Waals surface area (Å²) in [6.45, 7) is 4.57. The number of rotatable bonds is 9. The molecule has 0 bridgehead atoms. The van der Waals surface area contributed by atoms with Crippen LogP contribution in [-0.4, -0.2) is 56.1 Å². The molecule has 0 spiro atoms. The van der Waals surface area contributed by atoms with Crippen LogP contribution in [0.2, 0.25) is 0 Å². The van der Waals surface area contributed by atoms with Crippen LogP contribution in [0.5, 0.6) is 11.5 Å². The molecule has 0 aliphatic carbocycles. The van der Waals surface area contributed by atoms with E-state index in [0.29, 0.717) is 42.2 Å². The Bertz CT molecular complexity index is 1390. The largest absolute Gasteiger partial charge is 0.467 e. The lowest BCUT2D eigenvalue weighted by Gasteiger charge is -2.32. The first-order valence-electron chi connectivity index (χ1n) is 12.3. The third-order valence-corrected chi connectivity index (χ3v) is 6.82. The van der Waals surface area contributed by atoms with E-state index in [1.54, 1.807) is 10.9 Å². The maximum atomic E-state index is 13.1. The van der Waals surface area contributed by atoms with Gasteiger partial charge in [0.05, 0.1) is 23.9 Å². The van der Waals surface area contributed by atoms with Crippen molar-refractivity contribution in [3.63, 3.8) is 0 Å². The number of fused-ring (bicyclic) bond motifs is 2.